The van der Waals surface area contributed by atoms with Gasteiger partial charge in [0.1, 0.15) is 6.04 Å². The maximum atomic E-state index is 11.4. The van der Waals surface area contributed by atoms with Crippen LogP contribution in [0.5, 0.6) is 0 Å². The normalized spacial score (nSPS) is 11.5. The summed E-state index contributed by atoms with van der Waals surface area (Å²) < 4.78 is 0. The Morgan fingerprint density at radius 2 is 1.32 bits per heavy atom. The van der Waals surface area contributed by atoms with Crippen molar-refractivity contribution >= 4 is 11.9 Å². The Morgan fingerprint density at radius 3 is 1.73 bits per heavy atom. The van der Waals surface area contributed by atoms with Crippen molar-refractivity contribution in [2.75, 3.05) is 0 Å². The molecular formula is C17H34KNO3. The van der Waals surface area contributed by atoms with Crippen molar-refractivity contribution in [1.29, 1.82) is 0 Å². The predicted molar refractivity (Wildman–Crippen MR) is 87.4 cm³/mol. The number of amides is 1. The molecule has 1 atom stereocenters. The van der Waals surface area contributed by atoms with Gasteiger partial charge in [0.25, 0.3) is 0 Å². The van der Waals surface area contributed by atoms with Crippen LogP contribution in [0.3, 0.4) is 0 Å². The Hall–Kier alpha value is 0.576. The van der Waals surface area contributed by atoms with Gasteiger partial charge in [0, 0.05) is 6.42 Å². The van der Waals surface area contributed by atoms with Gasteiger partial charge in [-0.1, -0.05) is 71.1 Å². The molecule has 0 saturated heterocycles. The minimum atomic E-state index is -0.984. The Labute approximate surface area is 180 Å². The largest absolute Gasteiger partial charge is 1.00 e. The van der Waals surface area contributed by atoms with Crippen LogP contribution in [0.2, 0.25) is 0 Å². The number of rotatable bonds is 14. The van der Waals surface area contributed by atoms with Crippen molar-refractivity contribution in [1.82, 2.24) is 5.32 Å². The Bertz CT molecular complexity index is 291. The molecule has 4 nitrogen and oxygen atoms in total. The average molecular weight is 340 g/mol. The van der Waals surface area contributed by atoms with Crippen LogP contribution < -0.4 is 56.7 Å². The molecule has 0 bridgehead atoms. The molecule has 5 heteroatoms. The number of carbonyl (C=O) groups excluding carboxylic acids is 1. The minimum absolute atomic E-state index is 0. The quantitative estimate of drug-likeness (QED) is 0.371. The molecule has 0 aromatic rings. The first-order valence-electron chi connectivity index (χ1n) is 8.60. The third-order valence-corrected chi connectivity index (χ3v) is 3.76. The molecule has 0 aliphatic rings. The van der Waals surface area contributed by atoms with E-state index in [4.69, 9.17) is 5.11 Å². The molecule has 2 N–H and O–H groups in total. The summed E-state index contributed by atoms with van der Waals surface area (Å²) >= 11 is 0. The average Bonchev–Trinajstić information content (AvgIpc) is 2.44. The zero-order valence-electron chi connectivity index (χ0n) is 15.8. The first-order valence-corrected chi connectivity index (χ1v) is 8.60. The zero-order chi connectivity index (χ0) is 15.9. The van der Waals surface area contributed by atoms with Gasteiger partial charge in [-0.05, 0) is 13.3 Å². The van der Waals surface area contributed by atoms with Crippen molar-refractivity contribution < 1.29 is 67.5 Å². The molecule has 0 rings (SSSR count). The molecule has 0 unspecified atom stereocenters. The van der Waals surface area contributed by atoms with Gasteiger partial charge in [0.15, 0.2) is 0 Å². The van der Waals surface area contributed by atoms with Crippen LogP contribution >= 0.6 is 0 Å². The van der Waals surface area contributed by atoms with E-state index in [1.165, 1.54) is 64.7 Å². The molecule has 0 aliphatic carbocycles. The number of nitrogens with one attached hydrogen (secondary N) is 1. The molecule has 0 saturated carbocycles. The molecule has 0 aliphatic heterocycles. The summed E-state index contributed by atoms with van der Waals surface area (Å²) in [6.07, 6.45) is 14.2. The number of carboxylic acids is 1. The Morgan fingerprint density at radius 1 is 0.909 bits per heavy atom. The minimum Gasteiger partial charge on any atom is -1.00 e. The van der Waals surface area contributed by atoms with Gasteiger partial charge in [0.2, 0.25) is 5.91 Å². The first-order chi connectivity index (χ1) is 10.1. The fourth-order valence-electron chi connectivity index (χ4n) is 2.33. The maximum absolute atomic E-state index is 11.4. The van der Waals surface area contributed by atoms with E-state index in [2.05, 4.69) is 12.2 Å². The van der Waals surface area contributed by atoms with E-state index in [1.807, 2.05) is 0 Å². The molecule has 0 heterocycles. The summed E-state index contributed by atoms with van der Waals surface area (Å²) in [4.78, 5) is 22.0. The summed E-state index contributed by atoms with van der Waals surface area (Å²) in [6.45, 7) is 3.73. The van der Waals surface area contributed by atoms with E-state index in [0.717, 1.165) is 12.8 Å². The van der Waals surface area contributed by atoms with Gasteiger partial charge in [-0.15, -0.1) is 0 Å². The standard InChI is InChI=1S/C17H33NO3.K.H/c1-3-4-5-6-7-8-9-10-11-12-13-14-16(19)18-15(2)17(20)21;;/h15H,3-14H2,1-2H3,(H,18,19)(H,20,21);;/q;+1;-1/t15-;;/m0../s1. The first kappa shape index (κ1) is 24.8. The Kier molecular flexibility index (Phi) is 20.2. The van der Waals surface area contributed by atoms with E-state index in [1.54, 1.807) is 0 Å². The molecule has 0 aromatic heterocycles. The van der Waals surface area contributed by atoms with Crippen LogP contribution in [0.4, 0.5) is 0 Å². The molecule has 1 amide bonds. The van der Waals surface area contributed by atoms with Gasteiger partial charge in [-0.2, -0.15) is 0 Å². The second-order valence-corrected chi connectivity index (χ2v) is 5.91. The van der Waals surface area contributed by atoms with Gasteiger partial charge < -0.3 is 11.8 Å². The summed E-state index contributed by atoms with van der Waals surface area (Å²) in [5, 5.41) is 11.2. The number of hydrogen-bond donors (Lipinski definition) is 2. The third-order valence-electron chi connectivity index (χ3n) is 3.76. The summed E-state index contributed by atoms with van der Waals surface area (Å²) in [5.41, 5.74) is 0. The maximum Gasteiger partial charge on any atom is 1.00 e. The van der Waals surface area contributed by atoms with Crippen LogP contribution in [0, 0.1) is 0 Å². The summed E-state index contributed by atoms with van der Waals surface area (Å²) in [5.74, 6) is -1.14. The van der Waals surface area contributed by atoms with Gasteiger partial charge in [-0.25, -0.2) is 0 Å². The molecule has 0 fully saturated rings. The number of aliphatic carboxylic acids is 1. The fraction of sp³-hybridized carbons (Fsp3) is 0.882. The van der Waals surface area contributed by atoms with E-state index in [-0.39, 0.29) is 58.7 Å². The zero-order valence-corrected chi connectivity index (χ0v) is 17.9. The monoisotopic (exact) mass is 339 g/mol. The van der Waals surface area contributed by atoms with Crippen LogP contribution in [0.1, 0.15) is 92.3 Å². The van der Waals surface area contributed by atoms with Crippen LogP contribution in [0.15, 0.2) is 0 Å². The van der Waals surface area contributed by atoms with Crippen LogP contribution in [-0.2, 0) is 9.59 Å². The summed E-state index contributed by atoms with van der Waals surface area (Å²) in [7, 11) is 0. The number of carbonyl (C=O) groups is 2. The molecule has 22 heavy (non-hydrogen) atoms. The van der Waals surface area contributed by atoms with Crippen LogP contribution in [-0.4, -0.2) is 23.0 Å². The van der Waals surface area contributed by atoms with Gasteiger partial charge in [0.05, 0.1) is 0 Å². The van der Waals surface area contributed by atoms with E-state index >= 15 is 0 Å². The van der Waals surface area contributed by atoms with Crippen molar-refractivity contribution in [2.45, 2.75) is 96.9 Å². The second-order valence-electron chi connectivity index (χ2n) is 5.91. The molecule has 0 radical (unpaired) electrons. The number of carboxylic acid groups (broad SMARTS) is 1. The smallest absolute Gasteiger partial charge is 1.00 e. The third kappa shape index (κ3) is 16.9. The fourth-order valence-corrected chi connectivity index (χ4v) is 2.33. The van der Waals surface area contributed by atoms with Gasteiger partial charge >= 0.3 is 57.4 Å². The van der Waals surface area contributed by atoms with E-state index in [0.29, 0.717) is 6.42 Å². The Balaban J connectivity index is -0.00000200. The molecule has 126 valence electrons. The molecule has 0 spiro atoms. The van der Waals surface area contributed by atoms with Crippen molar-refractivity contribution in [3.63, 3.8) is 0 Å². The second kappa shape index (κ2) is 17.9. The van der Waals surface area contributed by atoms with Gasteiger partial charge in [-0.3, -0.25) is 9.59 Å². The predicted octanol–water partition coefficient (Wildman–Crippen LogP) is 1.39. The topological polar surface area (TPSA) is 66.4 Å². The number of hydrogen-bond acceptors (Lipinski definition) is 2. The van der Waals surface area contributed by atoms with Crippen molar-refractivity contribution in [3.05, 3.63) is 0 Å². The van der Waals surface area contributed by atoms with E-state index in [9.17, 15) is 9.59 Å². The molecule has 0 aromatic carbocycles. The van der Waals surface area contributed by atoms with Crippen molar-refractivity contribution in [2.24, 2.45) is 0 Å². The molecular weight excluding hydrogens is 305 g/mol. The van der Waals surface area contributed by atoms with Crippen LogP contribution in [0.25, 0.3) is 0 Å². The van der Waals surface area contributed by atoms with Crippen molar-refractivity contribution in [3.8, 4) is 0 Å². The SMILES string of the molecule is CCCCCCCCCCCCCC(=O)N[C@@H](C)C(=O)O.[H-].[K+]. The summed E-state index contributed by atoms with van der Waals surface area (Å²) in [6, 6.07) is -0.787. The van der Waals surface area contributed by atoms with E-state index < -0.39 is 12.0 Å². The number of unbranched alkanes of at least 4 members (excludes halogenated alkanes) is 10.